The lowest BCUT2D eigenvalue weighted by Crippen LogP contribution is -2.39. The summed E-state index contributed by atoms with van der Waals surface area (Å²) in [6, 6.07) is 6.57. The number of rotatable bonds is 6. The zero-order valence-corrected chi connectivity index (χ0v) is 13.7. The average Bonchev–Trinajstić information content (AvgIpc) is 2.92. The van der Waals surface area contributed by atoms with Crippen LogP contribution < -0.4 is 5.32 Å². The van der Waals surface area contributed by atoms with Crippen LogP contribution >= 0.6 is 0 Å². The van der Waals surface area contributed by atoms with Gasteiger partial charge in [0.25, 0.3) is 0 Å². The first-order chi connectivity index (χ1) is 11.1. The van der Waals surface area contributed by atoms with E-state index in [1.165, 1.54) is 12.1 Å². The lowest BCUT2D eigenvalue weighted by molar-refractivity contribution is 0.371. The molecule has 0 fully saturated rings. The number of nitrogens with zero attached hydrogens (tertiary/aromatic N) is 4. The topological polar surface area (TPSA) is 66.5 Å². The second-order valence-electron chi connectivity index (χ2n) is 5.30. The van der Waals surface area contributed by atoms with Gasteiger partial charge in [0, 0.05) is 33.6 Å². The summed E-state index contributed by atoms with van der Waals surface area (Å²) in [4.78, 5) is 10.4. The molecule has 6 nitrogen and oxygen atoms in total. The van der Waals surface area contributed by atoms with Gasteiger partial charge in [-0.15, -0.1) is 0 Å². The van der Waals surface area contributed by atoms with E-state index in [4.69, 9.17) is 4.52 Å². The summed E-state index contributed by atoms with van der Waals surface area (Å²) in [7, 11) is 3.65. The summed E-state index contributed by atoms with van der Waals surface area (Å²) in [5.41, 5.74) is 0.900. The quantitative estimate of drug-likeness (QED) is 0.502. The smallest absolute Gasteiger partial charge is 0.226 e. The molecular formula is C16H22FN5O. The van der Waals surface area contributed by atoms with E-state index in [1.807, 2.05) is 18.0 Å². The van der Waals surface area contributed by atoms with Gasteiger partial charge in [-0.05, 0) is 31.0 Å². The van der Waals surface area contributed by atoms with Crippen LogP contribution in [0.15, 0.2) is 33.8 Å². The number of aromatic nitrogens is 2. The van der Waals surface area contributed by atoms with Crippen molar-refractivity contribution < 1.29 is 8.91 Å². The fourth-order valence-corrected chi connectivity index (χ4v) is 2.25. The molecule has 0 aliphatic heterocycles. The Morgan fingerprint density at radius 3 is 2.91 bits per heavy atom. The molecular weight excluding hydrogens is 297 g/mol. The predicted molar refractivity (Wildman–Crippen MR) is 86.6 cm³/mol. The number of hydrogen-bond donors (Lipinski definition) is 1. The van der Waals surface area contributed by atoms with E-state index in [9.17, 15) is 4.39 Å². The van der Waals surface area contributed by atoms with Crippen molar-refractivity contribution in [2.45, 2.75) is 26.3 Å². The maximum absolute atomic E-state index is 13.2. The Morgan fingerprint density at radius 1 is 1.43 bits per heavy atom. The molecule has 0 spiro atoms. The molecule has 0 unspecified atom stereocenters. The first-order valence-electron chi connectivity index (χ1n) is 7.54. The van der Waals surface area contributed by atoms with Gasteiger partial charge in [-0.25, -0.2) is 4.39 Å². The Balaban J connectivity index is 1.77. The van der Waals surface area contributed by atoms with Crippen molar-refractivity contribution in [2.24, 2.45) is 4.99 Å². The minimum atomic E-state index is -0.228. The molecule has 0 bridgehead atoms. The predicted octanol–water partition coefficient (Wildman–Crippen LogP) is 2.16. The Labute approximate surface area is 135 Å². The van der Waals surface area contributed by atoms with Gasteiger partial charge in [0.1, 0.15) is 5.82 Å². The van der Waals surface area contributed by atoms with E-state index >= 15 is 0 Å². The molecule has 0 aliphatic rings. The third kappa shape index (κ3) is 5.36. The number of aryl methyl sites for hydroxylation is 2. The highest BCUT2D eigenvalue weighted by atomic mass is 19.1. The molecule has 0 radical (unpaired) electrons. The molecule has 1 N–H and O–H groups in total. The molecule has 0 atom stereocenters. The lowest BCUT2D eigenvalue weighted by atomic mass is 10.2. The highest BCUT2D eigenvalue weighted by Gasteiger charge is 2.07. The Bertz CT molecular complexity index is 655. The van der Waals surface area contributed by atoms with Crippen LogP contribution in [0.4, 0.5) is 4.39 Å². The monoisotopic (exact) mass is 319 g/mol. The van der Waals surface area contributed by atoms with Crippen LogP contribution in [0.1, 0.15) is 23.7 Å². The molecule has 0 saturated heterocycles. The maximum Gasteiger partial charge on any atom is 0.226 e. The molecule has 2 rings (SSSR count). The van der Waals surface area contributed by atoms with E-state index < -0.39 is 0 Å². The van der Waals surface area contributed by atoms with Gasteiger partial charge in [0.2, 0.25) is 5.89 Å². The van der Waals surface area contributed by atoms with Gasteiger partial charge >= 0.3 is 0 Å². The van der Waals surface area contributed by atoms with Crippen LogP contribution in [0.2, 0.25) is 0 Å². The summed E-state index contributed by atoms with van der Waals surface area (Å²) in [5, 5.41) is 7.03. The fraction of sp³-hybridized carbons (Fsp3) is 0.438. The van der Waals surface area contributed by atoms with Gasteiger partial charge in [0.15, 0.2) is 11.8 Å². The number of halogens is 1. The van der Waals surface area contributed by atoms with Crippen molar-refractivity contribution in [3.05, 3.63) is 47.4 Å². The number of benzene rings is 1. The number of guanidine groups is 1. The summed E-state index contributed by atoms with van der Waals surface area (Å²) >= 11 is 0. The Morgan fingerprint density at radius 2 is 2.26 bits per heavy atom. The van der Waals surface area contributed by atoms with Crippen LogP contribution in [0.3, 0.4) is 0 Å². The summed E-state index contributed by atoms with van der Waals surface area (Å²) in [6.07, 6.45) is 1.58. The van der Waals surface area contributed by atoms with Crippen LogP contribution in [0.5, 0.6) is 0 Å². The van der Waals surface area contributed by atoms with Crippen LogP contribution in [-0.2, 0) is 13.0 Å². The zero-order valence-electron chi connectivity index (χ0n) is 13.7. The maximum atomic E-state index is 13.2. The molecule has 1 heterocycles. The lowest BCUT2D eigenvalue weighted by Gasteiger charge is -2.22. The summed E-state index contributed by atoms with van der Waals surface area (Å²) < 4.78 is 18.3. The molecule has 0 amide bonds. The third-order valence-corrected chi connectivity index (χ3v) is 3.30. The van der Waals surface area contributed by atoms with Crippen molar-refractivity contribution in [3.8, 4) is 0 Å². The standard InChI is InChI=1S/C16H22FN5O/c1-12-20-15(23-21-12)8-5-9-19-16(18-2)22(3)11-13-6-4-7-14(17)10-13/h4,6-7,10H,5,8-9,11H2,1-3H3,(H,18,19). The van der Waals surface area contributed by atoms with Gasteiger partial charge in [-0.3, -0.25) is 4.99 Å². The molecule has 1 aromatic carbocycles. The van der Waals surface area contributed by atoms with Crippen LogP contribution in [-0.4, -0.2) is 41.6 Å². The molecule has 1 aromatic heterocycles. The van der Waals surface area contributed by atoms with E-state index in [0.717, 1.165) is 30.9 Å². The molecule has 0 saturated carbocycles. The first kappa shape index (κ1) is 16.9. The van der Waals surface area contributed by atoms with Crippen molar-refractivity contribution in [2.75, 3.05) is 20.6 Å². The fourth-order valence-electron chi connectivity index (χ4n) is 2.25. The molecule has 124 valence electrons. The van der Waals surface area contributed by atoms with E-state index in [1.54, 1.807) is 20.0 Å². The van der Waals surface area contributed by atoms with Gasteiger partial charge in [0.05, 0.1) is 0 Å². The molecule has 2 aromatic rings. The molecule has 23 heavy (non-hydrogen) atoms. The van der Waals surface area contributed by atoms with Crippen molar-refractivity contribution in [1.82, 2.24) is 20.4 Å². The van der Waals surface area contributed by atoms with E-state index in [0.29, 0.717) is 18.3 Å². The van der Waals surface area contributed by atoms with E-state index in [-0.39, 0.29) is 5.82 Å². The minimum Gasteiger partial charge on any atom is -0.356 e. The third-order valence-electron chi connectivity index (χ3n) is 3.30. The van der Waals surface area contributed by atoms with Crippen molar-refractivity contribution >= 4 is 5.96 Å². The summed E-state index contributed by atoms with van der Waals surface area (Å²) in [5.74, 6) is 1.83. The van der Waals surface area contributed by atoms with Gasteiger partial charge in [-0.1, -0.05) is 17.3 Å². The SMILES string of the molecule is CN=C(NCCCc1nc(C)no1)N(C)Cc1cccc(F)c1. The molecule has 0 aliphatic carbocycles. The van der Waals surface area contributed by atoms with Gasteiger partial charge in [-0.2, -0.15) is 4.98 Å². The first-order valence-corrected chi connectivity index (χ1v) is 7.54. The van der Waals surface area contributed by atoms with Crippen LogP contribution in [0, 0.1) is 12.7 Å². The van der Waals surface area contributed by atoms with Gasteiger partial charge < -0.3 is 14.7 Å². The number of aliphatic imine (C=N–C) groups is 1. The second-order valence-corrected chi connectivity index (χ2v) is 5.30. The van der Waals surface area contributed by atoms with Crippen molar-refractivity contribution in [3.63, 3.8) is 0 Å². The highest BCUT2D eigenvalue weighted by Crippen LogP contribution is 2.06. The highest BCUT2D eigenvalue weighted by molar-refractivity contribution is 5.79. The Kier molecular flexibility index (Phi) is 6.08. The van der Waals surface area contributed by atoms with Crippen LogP contribution in [0.25, 0.3) is 0 Å². The summed E-state index contributed by atoms with van der Waals surface area (Å²) in [6.45, 7) is 3.12. The number of hydrogen-bond acceptors (Lipinski definition) is 4. The second kappa shape index (κ2) is 8.26. The largest absolute Gasteiger partial charge is 0.356 e. The number of nitrogens with one attached hydrogen (secondary N) is 1. The van der Waals surface area contributed by atoms with Crippen molar-refractivity contribution in [1.29, 1.82) is 0 Å². The Hall–Kier alpha value is -2.44. The molecule has 7 heteroatoms. The normalized spacial score (nSPS) is 11.6. The van der Waals surface area contributed by atoms with E-state index in [2.05, 4.69) is 20.4 Å². The average molecular weight is 319 g/mol. The zero-order chi connectivity index (χ0) is 16.7. The minimum absolute atomic E-state index is 0.228.